The predicted octanol–water partition coefficient (Wildman–Crippen LogP) is 10.6. The molecule has 7 aromatic carbocycles. The van der Waals surface area contributed by atoms with Crippen LogP contribution in [0.1, 0.15) is 9.94 Å². The summed E-state index contributed by atoms with van der Waals surface area (Å²) in [5.41, 5.74) is 9.14. The van der Waals surface area contributed by atoms with Crippen molar-refractivity contribution in [2.45, 2.75) is 6.85 Å². The Balaban J connectivity index is 1.39. The van der Waals surface area contributed by atoms with E-state index in [-0.39, 0.29) is 5.82 Å². The summed E-state index contributed by atoms with van der Waals surface area (Å²) < 4.78 is 26.3. The van der Waals surface area contributed by atoms with E-state index in [0.29, 0.717) is 5.52 Å². The van der Waals surface area contributed by atoms with Crippen molar-refractivity contribution >= 4 is 32.6 Å². The van der Waals surface area contributed by atoms with Crippen LogP contribution in [0.4, 0.5) is 0 Å². The van der Waals surface area contributed by atoms with Crippen LogP contribution in [-0.4, -0.2) is 9.55 Å². The molecule has 0 radical (unpaired) electrons. The molecule has 0 atom stereocenters. The molecule has 0 saturated carbocycles. The van der Waals surface area contributed by atoms with E-state index in [1.165, 1.54) is 38.4 Å². The quantitative estimate of drug-likeness (QED) is 0.203. The Bertz CT molecular complexity index is 2340. The molecule has 2 heteroatoms. The highest BCUT2D eigenvalue weighted by atomic mass is 15.1. The van der Waals surface area contributed by atoms with E-state index in [2.05, 4.69) is 114 Å². The number of imidazole rings is 1. The lowest BCUT2D eigenvalue weighted by Crippen LogP contribution is -1.97. The lowest BCUT2D eigenvalue weighted by molar-refractivity contribution is 1.00. The van der Waals surface area contributed by atoms with Crippen LogP contribution in [0.5, 0.6) is 0 Å². The summed E-state index contributed by atoms with van der Waals surface area (Å²) in [5.74, 6) is 0.0630. The highest BCUT2D eigenvalue weighted by Crippen LogP contribution is 2.44. The summed E-state index contributed by atoms with van der Waals surface area (Å²) in [5, 5.41) is 4.70. The van der Waals surface area contributed by atoms with Crippen molar-refractivity contribution in [3.05, 3.63) is 157 Å². The van der Waals surface area contributed by atoms with Crippen molar-refractivity contribution < 1.29 is 4.11 Å². The van der Waals surface area contributed by atoms with Crippen LogP contribution >= 0.6 is 0 Å². The fourth-order valence-corrected chi connectivity index (χ4v) is 6.28. The Morgan fingerprint density at radius 2 is 1.02 bits per heavy atom. The monoisotopic (exact) mass is 539 g/mol. The number of nitrogens with zero attached hydrogens (tertiary/aromatic N) is 2. The lowest BCUT2D eigenvalue weighted by Gasteiger charge is -2.19. The molecule has 0 unspecified atom stereocenters. The zero-order valence-corrected chi connectivity index (χ0v) is 22.8. The fraction of sp³-hybridized carbons (Fsp3) is 0.0250. The Labute approximate surface area is 249 Å². The highest BCUT2D eigenvalue weighted by Gasteiger charge is 2.18. The van der Waals surface area contributed by atoms with Crippen LogP contribution in [0.3, 0.4) is 0 Å². The van der Waals surface area contributed by atoms with E-state index >= 15 is 0 Å². The lowest BCUT2D eigenvalue weighted by atomic mass is 9.85. The van der Waals surface area contributed by atoms with Gasteiger partial charge in [0.05, 0.1) is 11.0 Å². The number of aryl methyl sites for hydroxylation is 1. The molecule has 8 rings (SSSR count). The second-order valence-corrected chi connectivity index (χ2v) is 10.6. The van der Waals surface area contributed by atoms with Crippen molar-refractivity contribution in [3.8, 4) is 39.1 Å². The van der Waals surface area contributed by atoms with E-state index in [1.54, 1.807) is 4.57 Å². The van der Waals surface area contributed by atoms with Gasteiger partial charge in [-0.25, -0.2) is 4.98 Å². The number of hydrogen-bond donors (Lipinski definition) is 0. The SMILES string of the molecule is [2H]C([2H])([2H])c1nc2ccccc2n1-c1ccc(-c2c3ccccc3c(-c3ccccc3)c3cc(-c4ccccc4)ccc23)cc1. The Morgan fingerprint density at radius 3 is 1.74 bits per heavy atom. The number of fused-ring (bicyclic) bond motifs is 3. The van der Waals surface area contributed by atoms with Crippen LogP contribution in [0.2, 0.25) is 0 Å². The molecule has 0 amide bonds. The van der Waals surface area contributed by atoms with Crippen molar-refractivity contribution in [1.29, 1.82) is 0 Å². The van der Waals surface area contributed by atoms with Crippen LogP contribution in [0.15, 0.2) is 152 Å². The second-order valence-electron chi connectivity index (χ2n) is 10.6. The van der Waals surface area contributed by atoms with Gasteiger partial charge in [-0.3, -0.25) is 4.57 Å². The maximum absolute atomic E-state index is 8.17. The molecule has 0 N–H and O–H groups in total. The number of para-hydroxylation sites is 2. The molecule has 0 aliphatic heterocycles. The normalized spacial score (nSPS) is 12.8. The molecule has 0 fully saturated rings. The summed E-state index contributed by atoms with van der Waals surface area (Å²) in [7, 11) is 0. The number of aromatic nitrogens is 2. The Kier molecular flexibility index (Phi) is 5.00. The largest absolute Gasteiger partial charge is 0.297 e. The fourth-order valence-electron chi connectivity index (χ4n) is 6.28. The molecule has 8 aromatic rings. The zero-order valence-electron chi connectivity index (χ0n) is 25.8. The minimum absolute atomic E-state index is 0.0630. The van der Waals surface area contributed by atoms with Crippen molar-refractivity contribution in [2.75, 3.05) is 0 Å². The highest BCUT2D eigenvalue weighted by molar-refractivity contribution is 6.22. The van der Waals surface area contributed by atoms with Gasteiger partial charge in [-0.1, -0.05) is 121 Å². The van der Waals surface area contributed by atoms with Crippen LogP contribution < -0.4 is 0 Å². The molecular weight excluding hydrogens is 508 g/mol. The smallest absolute Gasteiger partial charge is 0.111 e. The molecule has 2 nitrogen and oxygen atoms in total. The van der Waals surface area contributed by atoms with Crippen LogP contribution in [-0.2, 0) is 0 Å². The van der Waals surface area contributed by atoms with E-state index in [0.717, 1.165) is 27.7 Å². The minimum Gasteiger partial charge on any atom is -0.297 e. The van der Waals surface area contributed by atoms with E-state index in [9.17, 15) is 0 Å². The van der Waals surface area contributed by atoms with Gasteiger partial charge in [0.25, 0.3) is 0 Å². The van der Waals surface area contributed by atoms with Crippen molar-refractivity contribution in [3.63, 3.8) is 0 Å². The van der Waals surface area contributed by atoms with Gasteiger partial charge in [-0.05, 0) is 92.1 Å². The average Bonchev–Trinajstić information content (AvgIpc) is 3.48. The van der Waals surface area contributed by atoms with Gasteiger partial charge in [-0.15, -0.1) is 0 Å². The Morgan fingerprint density at radius 1 is 0.476 bits per heavy atom. The molecule has 1 heterocycles. The number of benzene rings is 7. The summed E-state index contributed by atoms with van der Waals surface area (Å²) in [4.78, 5) is 4.49. The number of hydrogen-bond acceptors (Lipinski definition) is 1. The number of rotatable bonds is 4. The standard InChI is InChI=1S/C40H28N2/c1-27-41-37-18-10-11-19-38(37)42(27)32-23-20-30(21-24-32)39-33-16-8-9-17-34(33)40(29-14-6-3-7-15-29)36-26-31(22-25-35(36)39)28-12-4-2-5-13-28/h2-26H,1H3/i1D3. The molecule has 0 spiro atoms. The summed E-state index contributed by atoms with van der Waals surface area (Å²) in [6, 6.07) is 52.3. The van der Waals surface area contributed by atoms with Crippen LogP contribution in [0.25, 0.3) is 71.6 Å². The Hall–Kier alpha value is -5.47. The van der Waals surface area contributed by atoms with Gasteiger partial charge in [0.1, 0.15) is 5.82 Å². The molecule has 198 valence electrons. The van der Waals surface area contributed by atoms with Crippen LogP contribution in [0, 0.1) is 6.85 Å². The third-order valence-electron chi connectivity index (χ3n) is 8.17. The molecule has 0 aliphatic rings. The maximum Gasteiger partial charge on any atom is 0.111 e. The molecule has 0 aliphatic carbocycles. The van der Waals surface area contributed by atoms with Gasteiger partial charge in [-0.2, -0.15) is 0 Å². The van der Waals surface area contributed by atoms with Crippen molar-refractivity contribution in [2.24, 2.45) is 0 Å². The first-order chi connectivity index (χ1) is 22.0. The van der Waals surface area contributed by atoms with Crippen molar-refractivity contribution in [1.82, 2.24) is 9.55 Å². The second kappa shape index (κ2) is 9.87. The molecule has 42 heavy (non-hydrogen) atoms. The first kappa shape index (κ1) is 21.3. The zero-order chi connectivity index (χ0) is 30.5. The summed E-state index contributed by atoms with van der Waals surface area (Å²) >= 11 is 0. The van der Waals surface area contributed by atoms with Gasteiger partial charge >= 0.3 is 0 Å². The maximum atomic E-state index is 8.17. The van der Waals surface area contributed by atoms with E-state index in [1.807, 2.05) is 42.5 Å². The van der Waals surface area contributed by atoms with Gasteiger partial charge in [0.15, 0.2) is 0 Å². The van der Waals surface area contributed by atoms with E-state index < -0.39 is 6.85 Å². The predicted molar refractivity (Wildman–Crippen MR) is 177 cm³/mol. The third kappa shape index (κ3) is 3.92. The molecule has 0 saturated heterocycles. The van der Waals surface area contributed by atoms with Gasteiger partial charge in [0, 0.05) is 9.80 Å². The molecular formula is C40H28N2. The van der Waals surface area contributed by atoms with Gasteiger partial charge < -0.3 is 0 Å². The topological polar surface area (TPSA) is 17.8 Å². The first-order valence-electron chi connectivity index (χ1n) is 15.7. The molecule has 1 aromatic heterocycles. The first-order valence-corrected chi connectivity index (χ1v) is 14.2. The minimum atomic E-state index is -2.35. The third-order valence-corrected chi connectivity index (χ3v) is 8.17. The average molecular weight is 540 g/mol. The summed E-state index contributed by atoms with van der Waals surface area (Å²) in [6.07, 6.45) is 0. The van der Waals surface area contributed by atoms with E-state index in [4.69, 9.17) is 4.11 Å². The summed E-state index contributed by atoms with van der Waals surface area (Å²) in [6.45, 7) is -2.35. The molecule has 0 bridgehead atoms. The van der Waals surface area contributed by atoms with Gasteiger partial charge in [0.2, 0.25) is 0 Å².